The molecule has 0 radical (unpaired) electrons. The fourth-order valence-electron chi connectivity index (χ4n) is 3.59. The van der Waals surface area contributed by atoms with E-state index >= 15 is 0 Å². The van der Waals surface area contributed by atoms with E-state index < -0.39 is 0 Å². The van der Waals surface area contributed by atoms with Crippen molar-refractivity contribution in [1.82, 2.24) is 14.5 Å². The van der Waals surface area contributed by atoms with Crippen molar-refractivity contribution >= 4 is 11.6 Å². The van der Waals surface area contributed by atoms with Crippen LogP contribution in [0, 0.1) is 0 Å². The van der Waals surface area contributed by atoms with Crippen LogP contribution in [0.2, 0.25) is 5.02 Å². The molecule has 1 saturated heterocycles. The van der Waals surface area contributed by atoms with Gasteiger partial charge in [0.15, 0.2) is 11.5 Å². The van der Waals surface area contributed by atoms with Crippen molar-refractivity contribution in [2.75, 3.05) is 26.3 Å². The van der Waals surface area contributed by atoms with Gasteiger partial charge in [-0.25, -0.2) is 4.98 Å². The molecule has 6 nitrogen and oxygen atoms in total. The molecule has 1 fully saturated rings. The highest BCUT2D eigenvalue weighted by atomic mass is 35.5. The van der Waals surface area contributed by atoms with E-state index in [2.05, 4.69) is 14.5 Å². The smallest absolute Gasteiger partial charge is 0.179 e. The van der Waals surface area contributed by atoms with Crippen molar-refractivity contribution in [1.29, 1.82) is 0 Å². The summed E-state index contributed by atoms with van der Waals surface area (Å²) in [5.74, 6) is 1.68. The lowest BCUT2D eigenvalue weighted by Gasteiger charge is -2.22. The van der Waals surface area contributed by atoms with Gasteiger partial charge in [0.25, 0.3) is 0 Å². The molecule has 2 N–H and O–H groups in total. The lowest BCUT2D eigenvalue weighted by Crippen LogP contribution is -2.29. The second-order valence-corrected chi connectivity index (χ2v) is 6.90. The van der Waals surface area contributed by atoms with E-state index in [-0.39, 0.29) is 6.04 Å². The molecule has 2 aliphatic heterocycles. The van der Waals surface area contributed by atoms with E-state index in [0.717, 1.165) is 30.9 Å². The van der Waals surface area contributed by atoms with Gasteiger partial charge in [0.05, 0.1) is 11.3 Å². The summed E-state index contributed by atoms with van der Waals surface area (Å²) in [4.78, 5) is 6.56. The summed E-state index contributed by atoms with van der Waals surface area (Å²) < 4.78 is 13.3. The summed E-state index contributed by atoms with van der Waals surface area (Å²) in [5.41, 5.74) is 8.67. The number of halogens is 1. The van der Waals surface area contributed by atoms with Crippen molar-refractivity contribution in [2.45, 2.75) is 18.5 Å². The van der Waals surface area contributed by atoms with Crippen LogP contribution in [0.3, 0.4) is 0 Å². The van der Waals surface area contributed by atoms with Crippen molar-refractivity contribution in [3.8, 4) is 11.5 Å². The summed E-state index contributed by atoms with van der Waals surface area (Å²) in [6.45, 7) is 3.65. The molecule has 0 unspecified atom stereocenters. The number of imidazole rings is 1. The molecule has 4 rings (SSSR count). The number of nitrogens with two attached hydrogens (primary N) is 1. The number of hydrogen-bond acceptors (Lipinski definition) is 5. The first kappa shape index (κ1) is 15.7. The molecule has 2 aliphatic rings. The van der Waals surface area contributed by atoms with Gasteiger partial charge in [-0.05, 0) is 17.7 Å². The zero-order chi connectivity index (χ0) is 16.7. The Labute approximate surface area is 146 Å². The van der Waals surface area contributed by atoms with Gasteiger partial charge in [0.1, 0.15) is 13.2 Å². The van der Waals surface area contributed by atoms with E-state index in [0.29, 0.717) is 29.9 Å². The van der Waals surface area contributed by atoms with Crippen molar-refractivity contribution in [3.63, 3.8) is 0 Å². The minimum atomic E-state index is 0.105. The lowest BCUT2D eigenvalue weighted by molar-refractivity contribution is 0.171. The largest absolute Gasteiger partial charge is 0.486 e. The standard InChI is InChI=1S/C17H21ClN4O2/c1-21-10-20-6-15(21)12-8-22(9-14(12)19)7-11-4-13(18)17-16(5-11)23-2-3-24-17/h4-6,10,12,14H,2-3,7-9,19H2,1H3/t12-,14-/m1/s1. The molecule has 128 valence electrons. The Bertz CT molecular complexity index is 748. The Morgan fingerprint density at radius 3 is 2.92 bits per heavy atom. The summed E-state index contributed by atoms with van der Waals surface area (Å²) in [6.07, 6.45) is 3.74. The number of benzene rings is 1. The molecule has 0 bridgehead atoms. The summed E-state index contributed by atoms with van der Waals surface area (Å²) in [7, 11) is 2.01. The molecule has 24 heavy (non-hydrogen) atoms. The van der Waals surface area contributed by atoms with E-state index in [1.807, 2.05) is 31.7 Å². The average molecular weight is 349 g/mol. The molecule has 1 aromatic heterocycles. The second-order valence-electron chi connectivity index (χ2n) is 6.50. The maximum Gasteiger partial charge on any atom is 0.179 e. The van der Waals surface area contributed by atoms with Crippen LogP contribution in [0.4, 0.5) is 0 Å². The summed E-state index contributed by atoms with van der Waals surface area (Å²) in [5, 5.41) is 0.605. The van der Waals surface area contributed by atoms with Crippen LogP contribution < -0.4 is 15.2 Å². The number of aryl methyl sites for hydroxylation is 1. The molecule has 2 atom stereocenters. The molecule has 1 aromatic carbocycles. The number of aromatic nitrogens is 2. The van der Waals surface area contributed by atoms with E-state index in [9.17, 15) is 0 Å². The molecule has 0 saturated carbocycles. The van der Waals surface area contributed by atoms with Crippen LogP contribution in [-0.2, 0) is 13.6 Å². The minimum absolute atomic E-state index is 0.105. The normalized spacial score (nSPS) is 23.6. The highest BCUT2D eigenvalue weighted by Crippen LogP contribution is 2.39. The van der Waals surface area contributed by atoms with E-state index in [4.69, 9.17) is 26.8 Å². The zero-order valence-electron chi connectivity index (χ0n) is 13.6. The van der Waals surface area contributed by atoms with Crippen LogP contribution in [-0.4, -0.2) is 46.8 Å². The molecule has 0 spiro atoms. The molecule has 3 heterocycles. The van der Waals surface area contributed by atoms with Crippen LogP contribution in [0.5, 0.6) is 11.5 Å². The fraction of sp³-hybridized carbons (Fsp3) is 0.471. The predicted octanol–water partition coefficient (Wildman–Crippen LogP) is 1.77. The van der Waals surface area contributed by atoms with Gasteiger partial charge in [-0.1, -0.05) is 11.6 Å². The third-order valence-corrected chi connectivity index (χ3v) is 5.02. The Hall–Kier alpha value is -1.76. The van der Waals surface area contributed by atoms with Gasteiger partial charge in [-0.2, -0.15) is 0 Å². The Morgan fingerprint density at radius 1 is 1.29 bits per heavy atom. The summed E-state index contributed by atoms with van der Waals surface area (Å²) in [6, 6.07) is 4.08. The second kappa shape index (κ2) is 6.27. The first-order valence-electron chi connectivity index (χ1n) is 8.14. The molecule has 2 aromatic rings. The third-order valence-electron chi connectivity index (χ3n) is 4.74. The lowest BCUT2D eigenvalue weighted by atomic mass is 10.0. The van der Waals surface area contributed by atoms with Crippen molar-refractivity contribution in [3.05, 3.63) is 40.9 Å². The number of hydrogen-bond donors (Lipinski definition) is 1. The first-order chi connectivity index (χ1) is 11.6. The van der Waals surface area contributed by atoms with E-state index in [1.54, 1.807) is 0 Å². The van der Waals surface area contributed by atoms with Gasteiger partial charge in [0.2, 0.25) is 0 Å². The Morgan fingerprint density at radius 2 is 2.12 bits per heavy atom. The number of ether oxygens (including phenoxy) is 2. The maximum atomic E-state index is 6.37. The van der Waals surface area contributed by atoms with Gasteiger partial charge >= 0.3 is 0 Å². The van der Waals surface area contributed by atoms with Gasteiger partial charge in [-0.3, -0.25) is 4.90 Å². The number of likely N-dealkylation sites (tertiary alicyclic amines) is 1. The number of rotatable bonds is 3. The SMILES string of the molecule is Cn1cncc1[C@@H]1CN(Cc2cc(Cl)c3c(c2)OCCO3)C[C@H]1N. The highest BCUT2D eigenvalue weighted by molar-refractivity contribution is 6.32. The van der Waals surface area contributed by atoms with Crippen LogP contribution >= 0.6 is 11.6 Å². The van der Waals surface area contributed by atoms with Crippen molar-refractivity contribution in [2.24, 2.45) is 12.8 Å². The fourth-order valence-corrected chi connectivity index (χ4v) is 3.88. The molecular weight excluding hydrogens is 328 g/mol. The number of nitrogens with zero attached hydrogens (tertiary/aromatic N) is 3. The molecule has 7 heteroatoms. The molecule has 0 amide bonds. The Kier molecular flexibility index (Phi) is 4.12. The average Bonchev–Trinajstić information content (AvgIpc) is 3.13. The highest BCUT2D eigenvalue weighted by Gasteiger charge is 2.33. The zero-order valence-corrected chi connectivity index (χ0v) is 14.4. The monoisotopic (exact) mass is 348 g/mol. The van der Waals surface area contributed by atoms with Gasteiger partial charge in [0, 0.05) is 50.5 Å². The first-order valence-corrected chi connectivity index (χ1v) is 8.52. The summed E-state index contributed by atoms with van der Waals surface area (Å²) >= 11 is 6.33. The van der Waals surface area contributed by atoms with Crippen LogP contribution in [0.25, 0.3) is 0 Å². The third kappa shape index (κ3) is 2.85. The maximum absolute atomic E-state index is 6.37. The van der Waals surface area contributed by atoms with Crippen LogP contribution in [0.1, 0.15) is 17.2 Å². The number of fused-ring (bicyclic) bond motifs is 1. The van der Waals surface area contributed by atoms with Crippen LogP contribution in [0.15, 0.2) is 24.7 Å². The predicted molar refractivity (Wildman–Crippen MR) is 91.6 cm³/mol. The van der Waals surface area contributed by atoms with Crippen molar-refractivity contribution < 1.29 is 9.47 Å². The van der Waals surface area contributed by atoms with E-state index in [1.165, 1.54) is 5.69 Å². The molecule has 0 aliphatic carbocycles. The topological polar surface area (TPSA) is 65.5 Å². The molecular formula is C17H21ClN4O2. The minimum Gasteiger partial charge on any atom is -0.486 e. The Balaban J connectivity index is 1.50. The quantitative estimate of drug-likeness (QED) is 0.915. The van der Waals surface area contributed by atoms with Gasteiger partial charge in [-0.15, -0.1) is 0 Å². The van der Waals surface area contributed by atoms with Gasteiger partial charge < -0.3 is 19.8 Å².